The van der Waals surface area contributed by atoms with Gasteiger partial charge in [-0.3, -0.25) is 28.8 Å². The number of carbonyl (C=O) groups excluding carboxylic acids is 3. The molecule has 4 aromatic rings. The van der Waals surface area contributed by atoms with Crippen LogP contribution in [0.4, 0.5) is 5.69 Å². The number of benzene rings is 2. The number of hydrogen-bond donors (Lipinski definition) is 1. The molecule has 1 aliphatic rings. The summed E-state index contributed by atoms with van der Waals surface area (Å²) in [5.41, 5.74) is 3.26. The first-order valence-electron chi connectivity index (χ1n) is 15.4. The maximum absolute atomic E-state index is 13.1. The number of nitrogens with one attached hydrogen (secondary N) is 1. The standard InChI is InChI=1S/C34H38Cl2N6O5/c1-22(43)38-23-14-17-41(18-15-23)20-25(44)10-13-31(45)40(2)28-12-11-27(35)26(32(28)36)21-47-30-9-6-8-29-33(30)39-34(46-3)42(29)19-24-7-4-5-16-37-24/h4-9,11-12,16,23H,10,13-15,17-21H2,1-3H3,(H,38,43). The molecule has 0 aliphatic carbocycles. The second-order valence-electron chi connectivity index (χ2n) is 11.5. The van der Waals surface area contributed by atoms with Crippen LogP contribution in [-0.4, -0.2) is 76.9 Å². The number of methoxy groups -OCH3 is 1. The minimum atomic E-state index is -0.242. The molecule has 248 valence electrons. The first kappa shape index (κ1) is 34.2. The average Bonchev–Trinajstić information content (AvgIpc) is 3.42. The highest BCUT2D eigenvalue weighted by Gasteiger charge is 2.23. The molecule has 0 saturated carbocycles. The predicted molar refractivity (Wildman–Crippen MR) is 181 cm³/mol. The summed E-state index contributed by atoms with van der Waals surface area (Å²) in [4.78, 5) is 49.7. The minimum absolute atomic E-state index is 0.00528. The summed E-state index contributed by atoms with van der Waals surface area (Å²) < 4.78 is 13.7. The molecule has 1 saturated heterocycles. The van der Waals surface area contributed by atoms with E-state index in [0.717, 1.165) is 37.1 Å². The number of ketones is 1. The van der Waals surface area contributed by atoms with Crippen LogP contribution in [0.25, 0.3) is 11.0 Å². The number of aromatic nitrogens is 3. The van der Waals surface area contributed by atoms with E-state index in [4.69, 9.17) is 32.7 Å². The van der Waals surface area contributed by atoms with Crippen LogP contribution in [-0.2, 0) is 27.5 Å². The van der Waals surface area contributed by atoms with Crippen molar-refractivity contribution in [3.63, 3.8) is 0 Å². The summed E-state index contributed by atoms with van der Waals surface area (Å²) in [6.45, 7) is 3.74. The first-order chi connectivity index (χ1) is 22.6. The molecule has 47 heavy (non-hydrogen) atoms. The number of rotatable bonds is 13. The van der Waals surface area contributed by atoms with Crippen LogP contribution < -0.4 is 19.7 Å². The molecule has 2 aromatic heterocycles. The third-order valence-electron chi connectivity index (χ3n) is 8.22. The highest BCUT2D eigenvalue weighted by atomic mass is 35.5. The van der Waals surface area contributed by atoms with Gasteiger partial charge in [0.1, 0.15) is 23.7 Å². The maximum atomic E-state index is 13.1. The number of pyridine rings is 1. The van der Waals surface area contributed by atoms with Crippen LogP contribution >= 0.6 is 23.2 Å². The van der Waals surface area contributed by atoms with Crippen molar-refractivity contribution >= 4 is 57.5 Å². The molecule has 0 atom stereocenters. The molecule has 0 bridgehead atoms. The fourth-order valence-electron chi connectivity index (χ4n) is 5.71. The Bertz CT molecular complexity index is 1740. The maximum Gasteiger partial charge on any atom is 0.297 e. The van der Waals surface area contributed by atoms with Crippen molar-refractivity contribution in [3.05, 3.63) is 76.0 Å². The van der Waals surface area contributed by atoms with E-state index in [1.807, 2.05) is 41.0 Å². The lowest BCUT2D eigenvalue weighted by Crippen LogP contribution is -2.45. The van der Waals surface area contributed by atoms with Gasteiger partial charge < -0.3 is 19.7 Å². The number of Topliss-reactive ketones (excluding diaryl/α,β-unsaturated/α-hetero) is 1. The predicted octanol–water partition coefficient (Wildman–Crippen LogP) is 5.29. The molecule has 2 amide bonds. The third-order valence-corrected chi connectivity index (χ3v) is 9.00. The van der Waals surface area contributed by atoms with Crippen LogP contribution in [0.1, 0.15) is 43.9 Å². The van der Waals surface area contributed by atoms with Crippen LogP contribution in [0.5, 0.6) is 11.8 Å². The number of para-hydroxylation sites is 1. The van der Waals surface area contributed by atoms with Gasteiger partial charge in [0.05, 0.1) is 42.1 Å². The Morgan fingerprint density at radius 2 is 1.83 bits per heavy atom. The Morgan fingerprint density at radius 1 is 1.04 bits per heavy atom. The van der Waals surface area contributed by atoms with Gasteiger partial charge in [-0.15, -0.1) is 0 Å². The number of ether oxygens (including phenoxy) is 2. The summed E-state index contributed by atoms with van der Waals surface area (Å²) in [5, 5.41) is 3.61. The largest absolute Gasteiger partial charge is 0.486 e. The number of carbonyl (C=O) groups is 3. The number of fused-ring (bicyclic) bond motifs is 1. The molecule has 0 radical (unpaired) electrons. The van der Waals surface area contributed by atoms with Gasteiger partial charge in [-0.1, -0.05) is 35.3 Å². The molecular weight excluding hydrogens is 643 g/mol. The van der Waals surface area contributed by atoms with Gasteiger partial charge in [0.15, 0.2) is 0 Å². The summed E-state index contributed by atoms with van der Waals surface area (Å²) in [5.74, 6) is 0.228. The Morgan fingerprint density at radius 3 is 2.53 bits per heavy atom. The first-order valence-corrected chi connectivity index (χ1v) is 16.2. The Balaban J connectivity index is 1.21. The van der Waals surface area contributed by atoms with Crippen LogP contribution in [0.15, 0.2) is 54.7 Å². The number of anilines is 1. The van der Waals surface area contributed by atoms with Gasteiger partial charge >= 0.3 is 0 Å². The zero-order chi connectivity index (χ0) is 33.5. The molecule has 13 heteroatoms. The van der Waals surface area contributed by atoms with Gasteiger partial charge in [-0.2, -0.15) is 4.98 Å². The molecule has 0 spiro atoms. The van der Waals surface area contributed by atoms with Gasteiger partial charge in [0.25, 0.3) is 6.01 Å². The minimum Gasteiger partial charge on any atom is -0.486 e. The lowest BCUT2D eigenvalue weighted by molar-refractivity contribution is -0.124. The highest BCUT2D eigenvalue weighted by Crippen LogP contribution is 2.36. The number of halogens is 2. The van der Waals surface area contributed by atoms with Crippen molar-refractivity contribution in [1.29, 1.82) is 0 Å². The van der Waals surface area contributed by atoms with E-state index in [1.54, 1.807) is 32.5 Å². The third kappa shape index (κ3) is 8.40. The Labute approximate surface area is 283 Å². The van der Waals surface area contributed by atoms with E-state index in [9.17, 15) is 14.4 Å². The Hall–Kier alpha value is -4.19. The quantitative estimate of drug-likeness (QED) is 0.203. The van der Waals surface area contributed by atoms with Gasteiger partial charge in [-0.05, 0) is 49.2 Å². The summed E-state index contributed by atoms with van der Waals surface area (Å²) in [6, 6.07) is 15.3. The summed E-state index contributed by atoms with van der Waals surface area (Å²) >= 11 is 13.4. The van der Waals surface area contributed by atoms with E-state index < -0.39 is 0 Å². The number of nitrogens with zero attached hydrogens (tertiary/aromatic N) is 5. The molecule has 0 unspecified atom stereocenters. The molecule has 1 N–H and O–H groups in total. The average molecular weight is 682 g/mol. The van der Waals surface area contributed by atoms with E-state index in [0.29, 0.717) is 40.1 Å². The number of piperidine rings is 1. The van der Waals surface area contributed by atoms with Crippen molar-refractivity contribution in [2.24, 2.45) is 0 Å². The second kappa shape index (κ2) is 15.6. The van der Waals surface area contributed by atoms with Crippen molar-refractivity contribution in [2.45, 2.75) is 51.8 Å². The molecule has 11 nitrogen and oxygen atoms in total. The van der Waals surface area contributed by atoms with Crippen molar-refractivity contribution in [3.8, 4) is 11.8 Å². The van der Waals surface area contributed by atoms with Crippen LogP contribution in [0.3, 0.4) is 0 Å². The van der Waals surface area contributed by atoms with Crippen LogP contribution in [0.2, 0.25) is 10.0 Å². The summed E-state index contributed by atoms with van der Waals surface area (Å²) in [7, 11) is 3.19. The molecule has 1 fully saturated rings. The zero-order valence-corrected chi connectivity index (χ0v) is 28.2. The number of amides is 2. The summed E-state index contributed by atoms with van der Waals surface area (Å²) in [6.07, 6.45) is 3.51. The molecular formula is C34H38Cl2N6O5. The van der Waals surface area contributed by atoms with E-state index >= 15 is 0 Å². The molecule has 2 aromatic carbocycles. The molecule has 1 aliphatic heterocycles. The van der Waals surface area contributed by atoms with Gasteiger partial charge in [0.2, 0.25) is 11.8 Å². The Kier molecular flexibility index (Phi) is 11.3. The van der Waals surface area contributed by atoms with E-state index in [-0.39, 0.29) is 54.7 Å². The van der Waals surface area contributed by atoms with Gasteiger partial charge in [0, 0.05) is 62.7 Å². The normalized spacial score (nSPS) is 13.8. The fourth-order valence-corrected chi connectivity index (χ4v) is 6.31. The van der Waals surface area contributed by atoms with E-state index in [2.05, 4.69) is 20.2 Å². The lowest BCUT2D eigenvalue weighted by atomic mass is 10.0. The number of imidazole rings is 1. The fraction of sp³-hybridized carbons (Fsp3) is 0.382. The van der Waals surface area contributed by atoms with Crippen molar-refractivity contribution < 1.29 is 23.9 Å². The van der Waals surface area contributed by atoms with Crippen molar-refractivity contribution in [1.82, 2.24) is 24.8 Å². The zero-order valence-electron chi connectivity index (χ0n) is 26.7. The van der Waals surface area contributed by atoms with Crippen LogP contribution in [0, 0.1) is 0 Å². The lowest BCUT2D eigenvalue weighted by Gasteiger charge is -2.31. The molecule has 5 rings (SSSR count). The monoisotopic (exact) mass is 680 g/mol. The number of hydrogen-bond acceptors (Lipinski definition) is 8. The van der Waals surface area contributed by atoms with Crippen molar-refractivity contribution in [2.75, 3.05) is 38.7 Å². The smallest absolute Gasteiger partial charge is 0.297 e. The molecule has 3 heterocycles. The highest BCUT2D eigenvalue weighted by molar-refractivity contribution is 6.38. The van der Waals surface area contributed by atoms with E-state index in [1.165, 1.54) is 11.8 Å². The SMILES string of the molecule is COc1nc2c(OCc3c(Cl)ccc(N(C)C(=O)CCC(=O)CN4CCC(NC(C)=O)CC4)c3Cl)cccc2n1Cc1ccccn1. The topological polar surface area (TPSA) is 119 Å². The van der Waals surface area contributed by atoms with Gasteiger partial charge in [-0.25, -0.2) is 0 Å². The number of likely N-dealkylation sites (tertiary alicyclic amines) is 1. The second-order valence-corrected chi connectivity index (χ2v) is 12.3.